The van der Waals surface area contributed by atoms with Gasteiger partial charge in [-0.3, -0.25) is 4.55 Å². The first kappa shape index (κ1) is 9.21. The van der Waals surface area contributed by atoms with Gasteiger partial charge >= 0.3 is 10.1 Å². The first-order valence-corrected chi connectivity index (χ1v) is 4.99. The molecule has 0 radical (unpaired) electrons. The van der Waals surface area contributed by atoms with Gasteiger partial charge in [0.25, 0.3) is 0 Å². The number of nitrogens with zero attached hydrogens (tertiary/aromatic N) is 1. The maximum Gasteiger partial charge on any atom is 0.311 e. The molecule has 0 amide bonds. The van der Waals surface area contributed by atoms with Crippen LogP contribution in [0.4, 0.5) is 0 Å². The van der Waals surface area contributed by atoms with E-state index in [0.29, 0.717) is 12.2 Å². The Morgan fingerprint density at radius 3 is 2.75 bits per heavy atom. The largest absolute Gasteiger partial charge is 0.331 e. The van der Waals surface area contributed by atoms with Gasteiger partial charge in [-0.05, 0) is 6.42 Å². The Kier molecular flexibility index (Phi) is 2.49. The van der Waals surface area contributed by atoms with Crippen molar-refractivity contribution in [2.75, 3.05) is 0 Å². The van der Waals surface area contributed by atoms with Crippen LogP contribution >= 0.6 is 0 Å². The van der Waals surface area contributed by atoms with E-state index in [1.54, 1.807) is 0 Å². The van der Waals surface area contributed by atoms with Gasteiger partial charge in [0.15, 0.2) is 5.03 Å². The molecule has 2 N–H and O–H groups in total. The van der Waals surface area contributed by atoms with Crippen LogP contribution in [0, 0.1) is 0 Å². The lowest BCUT2D eigenvalue weighted by Crippen LogP contribution is -1.98. The summed E-state index contributed by atoms with van der Waals surface area (Å²) in [6.45, 7) is 1.95. The fourth-order valence-corrected chi connectivity index (χ4v) is 1.27. The maximum atomic E-state index is 10.5. The summed E-state index contributed by atoms with van der Waals surface area (Å²) in [7, 11) is -4.12. The number of aromatic nitrogens is 2. The summed E-state index contributed by atoms with van der Waals surface area (Å²) in [5.74, 6) is 0.574. The molecule has 0 atom stereocenters. The first-order valence-electron chi connectivity index (χ1n) is 3.55. The second-order valence-electron chi connectivity index (χ2n) is 2.42. The first-order chi connectivity index (χ1) is 5.54. The molecule has 5 nitrogen and oxygen atoms in total. The van der Waals surface area contributed by atoms with Crippen LogP contribution in [-0.4, -0.2) is 22.9 Å². The summed E-state index contributed by atoms with van der Waals surface area (Å²) in [4.78, 5) is 6.28. The topological polar surface area (TPSA) is 83.1 Å². The van der Waals surface area contributed by atoms with Crippen LogP contribution in [0.3, 0.4) is 0 Å². The number of imidazole rings is 1. The normalized spacial score (nSPS) is 11.8. The van der Waals surface area contributed by atoms with E-state index in [1.807, 2.05) is 6.92 Å². The standard InChI is InChI=1S/C6H10N2O3S/c1-2-3-5-7-4-6(8-5)12(9,10)11/h4H,2-3H2,1H3,(H,7,8)(H,9,10,11). The Hall–Kier alpha value is -0.880. The van der Waals surface area contributed by atoms with Gasteiger partial charge in [-0.2, -0.15) is 8.42 Å². The molecular formula is C6H10N2O3S. The molecule has 0 aromatic carbocycles. The van der Waals surface area contributed by atoms with E-state index in [-0.39, 0.29) is 5.03 Å². The van der Waals surface area contributed by atoms with Crippen LogP contribution in [0.15, 0.2) is 11.2 Å². The van der Waals surface area contributed by atoms with Crippen molar-refractivity contribution in [3.63, 3.8) is 0 Å². The Morgan fingerprint density at radius 2 is 2.33 bits per heavy atom. The molecule has 1 rings (SSSR count). The molecule has 0 aliphatic heterocycles. The van der Waals surface area contributed by atoms with E-state index in [9.17, 15) is 8.42 Å². The van der Waals surface area contributed by atoms with Gasteiger partial charge in [0.05, 0.1) is 6.20 Å². The smallest absolute Gasteiger partial charge is 0.311 e. The van der Waals surface area contributed by atoms with Gasteiger partial charge in [0.2, 0.25) is 0 Å². The molecule has 0 saturated heterocycles. The average Bonchev–Trinajstić information content (AvgIpc) is 2.35. The van der Waals surface area contributed by atoms with E-state index >= 15 is 0 Å². The number of H-pyrrole nitrogens is 1. The molecule has 0 unspecified atom stereocenters. The van der Waals surface area contributed by atoms with Crippen LogP contribution in [0.1, 0.15) is 19.2 Å². The van der Waals surface area contributed by atoms with Gasteiger partial charge in [0, 0.05) is 6.42 Å². The summed E-state index contributed by atoms with van der Waals surface area (Å²) in [5.41, 5.74) is 0. The van der Waals surface area contributed by atoms with E-state index < -0.39 is 10.1 Å². The molecule has 0 aliphatic carbocycles. The SMILES string of the molecule is CCCc1ncc(S(=O)(=O)O)[nH]1. The van der Waals surface area contributed by atoms with E-state index in [4.69, 9.17) is 4.55 Å². The Balaban J connectivity index is 2.92. The van der Waals surface area contributed by atoms with E-state index in [1.165, 1.54) is 0 Å². The predicted octanol–water partition coefficient (Wildman–Crippen LogP) is 0.609. The van der Waals surface area contributed by atoms with Gasteiger partial charge in [-0.25, -0.2) is 4.98 Å². The fourth-order valence-electron chi connectivity index (χ4n) is 0.838. The zero-order chi connectivity index (χ0) is 9.19. The number of aromatic amines is 1. The van der Waals surface area contributed by atoms with Crippen molar-refractivity contribution >= 4 is 10.1 Å². The zero-order valence-corrected chi connectivity index (χ0v) is 7.43. The Labute approximate surface area is 70.6 Å². The minimum Gasteiger partial charge on any atom is -0.331 e. The number of rotatable bonds is 3. The van der Waals surface area contributed by atoms with Crippen molar-refractivity contribution in [2.45, 2.75) is 24.8 Å². The van der Waals surface area contributed by atoms with Crippen molar-refractivity contribution in [3.05, 3.63) is 12.0 Å². The van der Waals surface area contributed by atoms with Gasteiger partial charge < -0.3 is 4.98 Å². The van der Waals surface area contributed by atoms with Gasteiger partial charge in [-0.15, -0.1) is 0 Å². The molecule has 0 aliphatic rings. The molecular weight excluding hydrogens is 180 g/mol. The molecule has 1 aromatic heterocycles. The van der Waals surface area contributed by atoms with Crippen molar-refractivity contribution in [2.24, 2.45) is 0 Å². The molecule has 1 aromatic rings. The van der Waals surface area contributed by atoms with E-state index in [0.717, 1.165) is 12.6 Å². The van der Waals surface area contributed by atoms with Crippen LogP contribution in [0.2, 0.25) is 0 Å². The minimum absolute atomic E-state index is 0.244. The van der Waals surface area contributed by atoms with Crippen molar-refractivity contribution in [1.82, 2.24) is 9.97 Å². The second-order valence-corrected chi connectivity index (χ2v) is 3.81. The summed E-state index contributed by atoms with van der Waals surface area (Å²) < 4.78 is 29.6. The molecule has 0 bridgehead atoms. The highest BCUT2D eigenvalue weighted by molar-refractivity contribution is 7.85. The summed E-state index contributed by atoms with van der Waals surface area (Å²) in [6, 6.07) is 0. The third-order valence-electron chi connectivity index (χ3n) is 1.37. The van der Waals surface area contributed by atoms with Crippen LogP contribution in [-0.2, 0) is 16.5 Å². The molecule has 68 valence electrons. The van der Waals surface area contributed by atoms with Crippen molar-refractivity contribution in [1.29, 1.82) is 0 Å². The highest BCUT2D eigenvalue weighted by atomic mass is 32.2. The third kappa shape index (κ3) is 2.05. The Bertz CT molecular complexity index is 355. The average molecular weight is 190 g/mol. The summed E-state index contributed by atoms with van der Waals surface area (Å²) in [6.07, 6.45) is 2.66. The number of hydrogen-bond donors (Lipinski definition) is 2. The minimum atomic E-state index is -4.12. The fraction of sp³-hybridized carbons (Fsp3) is 0.500. The highest BCUT2D eigenvalue weighted by Gasteiger charge is 2.12. The predicted molar refractivity (Wildman–Crippen MR) is 42.4 cm³/mol. The van der Waals surface area contributed by atoms with Gasteiger partial charge in [0.1, 0.15) is 5.82 Å². The third-order valence-corrected chi connectivity index (χ3v) is 2.13. The quantitative estimate of drug-likeness (QED) is 0.684. The molecule has 1 heterocycles. The second kappa shape index (κ2) is 3.24. The molecule has 0 saturated carbocycles. The van der Waals surface area contributed by atoms with Crippen molar-refractivity contribution in [3.8, 4) is 0 Å². The molecule has 6 heteroatoms. The highest BCUT2D eigenvalue weighted by Crippen LogP contribution is 2.05. The van der Waals surface area contributed by atoms with Crippen molar-refractivity contribution < 1.29 is 13.0 Å². The molecule has 0 fully saturated rings. The zero-order valence-electron chi connectivity index (χ0n) is 6.61. The molecule has 0 spiro atoms. The van der Waals surface area contributed by atoms with Crippen LogP contribution < -0.4 is 0 Å². The lowest BCUT2D eigenvalue weighted by Gasteiger charge is -1.90. The van der Waals surface area contributed by atoms with Gasteiger partial charge in [-0.1, -0.05) is 6.92 Å². The summed E-state index contributed by atoms with van der Waals surface area (Å²) in [5, 5.41) is -0.244. The number of nitrogens with one attached hydrogen (secondary N) is 1. The monoisotopic (exact) mass is 190 g/mol. The lowest BCUT2D eigenvalue weighted by molar-refractivity contribution is 0.479. The molecule has 12 heavy (non-hydrogen) atoms. The van der Waals surface area contributed by atoms with E-state index in [2.05, 4.69) is 9.97 Å². The van der Waals surface area contributed by atoms with Crippen LogP contribution in [0.25, 0.3) is 0 Å². The number of aryl methyl sites for hydroxylation is 1. The summed E-state index contributed by atoms with van der Waals surface area (Å²) >= 11 is 0. The maximum absolute atomic E-state index is 10.5. The Morgan fingerprint density at radius 1 is 1.67 bits per heavy atom. The lowest BCUT2D eigenvalue weighted by atomic mass is 10.3. The number of hydrogen-bond acceptors (Lipinski definition) is 3. The van der Waals surface area contributed by atoms with Crippen LogP contribution in [0.5, 0.6) is 0 Å².